The maximum atomic E-state index is 13.6. The molecule has 1 amide bonds. The first-order chi connectivity index (χ1) is 14.8. The van der Waals surface area contributed by atoms with Crippen molar-refractivity contribution >= 4 is 5.91 Å². The Morgan fingerprint density at radius 2 is 2.10 bits per heavy atom. The average molecular weight is 438 g/mol. The summed E-state index contributed by atoms with van der Waals surface area (Å²) in [6, 6.07) is 2.46. The van der Waals surface area contributed by atoms with Crippen LogP contribution in [0.25, 0.3) is 0 Å². The smallest absolute Gasteiger partial charge is 0.267 e. The summed E-state index contributed by atoms with van der Waals surface area (Å²) < 4.78 is 60.9. The minimum absolute atomic E-state index is 0.0377. The van der Waals surface area contributed by atoms with Crippen LogP contribution in [0.3, 0.4) is 0 Å². The average Bonchev–Trinajstić information content (AvgIpc) is 3.45. The number of nitrogens with zero attached hydrogens (tertiary/aromatic N) is 5. The van der Waals surface area contributed by atoms with E-state index in [2.05, 4.69) is 15.6 Å². The standard InChI is InChI=1S/C19H18F4N6O2/c20-15-4-13(5-16(21)14(15)6-24)31-9-11-8-29(27-26-11)12-3-17(25-7-12)18(30)28-2-1-19(22,23)10-28/h4-5,8,12,17,25H,1-3,7,9-10H2/t12-,17-/m0/s1. The third-order valence-electron chi connectivity index (χ3n) is 5.33. The number of rotatable bonds is 5. The highest BCUT2D eigenvalue weighted by atomic mass is 19.3. The Morgan fingerprint density at radius 1 is 1.35 bits per heavy atom. The van der Waals surface area contributed by atoms with Crippen LogP contribution in [0.4, 0.5) is 17.6 Å². The maximum Gasteiger partial charge on any atom is 0.267 e. The molecule has 2 fully saturated rings. The van der Waals surface area contributed by atoms with Crippen LogP contribution in [0.15, 0.2) is 18.3 Å². The molecule has 4 rings (SSSR count). The normalized spacial score (nSPS) is 22.5. The van der Waals surface area contributed by atoms with Gasteiger partial charge in [-0.15, -0.1) is 5.10 Å². The van der Waals surface area contributed by atoms with Crippen molar-refractivity contribution < 1.29 is 27.1 Å². The summed E-state index contributed by atoms with van der Waals surface area (Å²) in [5.74, 6) is -5.34. The van der Waals surface area contributed by atoms with E-state index in [1.807, 2.05) is 0 Å². The number of nitriles is 1. The summed E-state index contributed by atoms with van der Waals surface area (Å²) in [5.41, 5.74) is -0.298. The van der Waals surface area contributed by atoms with Crippen molar-refractivity contribution in [3.63, 3.8) is 0 Å². The van der Waals surface area contributed by atoms with Gasteiger partial charge in [-0.05, 0) is 6.42 Å². The van der Waals surface area contributed by atoms with E-state index in [0.29, 0.717) is 18.7 Å². The number of halogens is 4. The Bertz CT molecular complexity index is 1010. The van der Waals surface area contributed by atoms with E-state index in [4.69, 9.17) is 10.00 Å². The lowest BCUT2D eigenvalue weighted by atomic mass is 10.1. The molecular formula is C19H18F4N6O2. The van der Waals surface area contributed by atoms with Gasteiger partial charge in [0.1, 0.15) is 41.3 Å². The zero-order chi connectivity index (χ0) is 22.2. The van der Waals surface area contributed by atoms with Crippen LogP contribution in [-0.2, 0) is 11.4 Å². The predicted octanol–water partition coefficient (Wildman–Crippen LogP) is 1.78. The van der Waals surface area contributed by atoms with Crippen LogP contribution in [0.2, 0.25) is 0 Å². The van der Waals surface area contributed by atoms with Crippen molar-refractivity contribution in [2.45, 2.75) is 37.5 Å². The summed E-state index contributed by atoms with van der Waals surface area (Å²) >= 11 is 0. The molecule has 2 aromatic rings. The van der Waals surface area contributed by atoms with E-state index in [0.717, 1.165) is 12.1 Å². The van der Waals surface area contributed by atoms with Crippen molar-refractivity contribution in [2.75, 3.05) is 19.6 Å². The van der Waals surface area contributed by atoms with Gasteiger partial charge in [-0.3, -0.25) is 4.79 Å². The molecule has 2 saturated heterocycles. The van der Waals surface area contributed by atoms with E-state index in [-0.39, 0.29) is 37.3 Å². The highest BCUT2D eigenvalue weighted by molar-refractivity contribution is 5.82. The Balaban J connectivity index is 1.33. The van der Waals surface area contributed by atoms with E-state index in [1.165, 1.54) is 15.7 Å². The summed E-state index contributed by atoms with van der Waals surface area (Å²) in [6.45, 7) is -0.224. The number of benzene rings is 1. The third kappa shape index (κ3) is 4.46. The molecule has 0 spiro atoms. The van der Waals surface area contributed by atoms with Gasteiger partial charge in [-0.2, -0.15) is 5.26 Å². The molecule has 0 unspecified atom stereocenters. The molecule has 2 aliphatic heterocycles. The first-order valence-electron chi connectivity index (χ1n) is 9.58. The topological polar surface area (TPSA) is 96.1 Å². The number of hydrogen-bond donors (Lipinski definition) is 1. The number of likely N-dealkylation sites (tertiary alicyclic amines) is 1. The number of hydrogen-bond acceptors (Lipinski definition) is 6. The molecule has 164 valence electrons. The van der Waals surface area contributed by atoms with Gasteiger partial charge in [-0.1, -0.05) is 5.21 Å². The molecule has 1 aromatic heterocycles. The molecule has 2 atom stereocenters. The SMILES string of the molecule is N#Cc1c(F)cc(OCc2cn([C@@H]3CN[C@H](C(=O)N4CCC(F)(F)C4)C3)nn2)cc1F. The highest BCUT2D eigenvalue weighted by Gasteiger charge is 2.43. The van der Waals surface area contributed by atoms with Crippen molar-refractivity contribution in [3.05, 3.63) is 41.2 Å². The number of aromatic nitrogens is 3. The van der Waals surface area contributed by atoms with Gasteiger partial charge in [-0.25, -0.2) is 22.2 Å². The largest absolute Gasteiger partial charge is 0.487 e. The summed E-state index contributed by atoms with van der Waals surface area (Å²) in [6.07, 6.45) is 1.63. The van der Waals surface area contributed by atoms with Gasteiger partial charge in [0.2, 0.25) is 5.91 Å². The van der Waals surface area contributed by atoms with Crippen LogP contribution in [0.1, 0.15) is 30.1 Å². The van der Waals surface area contributed by atoms with Crippen LogP contribution in [-0.4, -0.2) is 57.4 Å². The van der Waals surface area contributed by atoms with E-state index >= 15 is 0 Å². The molecule has 8 nitrogen and oxygen atoms in total. The second kappa shape index (κ2) is 8.14. The number of carbonyl (C=O) groups is 1. The van der Waals surface area contributed by atoms with Crippen LogP contribution in [0.5, 0.6) is 5.75 Å². The quantitative estimate of drug-likeness (QED) is 0.715. The maximum absolute atomic E-state index is 13.6. The first kappa shape index (κ1) is 21.0. The van der Waals surface area contributed by atoms with E-state index in [1.54, 1.807) is 6.20 Å². The number of amides is 1. The summed E-state index contributed by atoms with van der Waals surface area (Å²) in [5, 5.41) is 19.7. The Hall–Kier alpha value is -3.20. The van der Waals surface area contributed by atoms with Crippen molar-refractivity contribution in [1.82, 2.24) is 25.2 Å². The number of ether oxygens (including phenoxy) is 1. The summed E-state index contributed by atoms with van der Waals surface area (Å²) in [7, 11) is 0. The van der Waals surface area contributed by atoms with Crippen molar-refractivity contribution in [2.24, 2.45) is 0 Å². The molecule has 1 aromatic carbocycles. The molecule has 0 bridgehead atoms. The zero-order valence-electron chi connectivity index (χ0n) is 16.2. The number of carbonyl (C=O) groups excluding carboxylic acids is 1. The lowest BCUT2D eigenvalue weighted by molar-refractivity contribution is -0.133. The fourth-order valence-electron chi connectivity index (χ4n) is 3.71. The lowest BCUT2D eigenvalue weighted by Gasteiger charge is -2.20. The lowest BCUT2D eigenvalue weighted by Crippen LogP contribution is -2.43. The molecule has 31 heavy (non-hydrogen) atoms. The van der Waals surface area contributed by atoms with Gasteiger partial charge in [0.25, 0.3) is 5.92 Å². The second-order valence-corrected chi connectivity index (χ2v) is 7.57. The van der Waals surface area contributed by atoms with Gasteiger partial charge in [0, 0.05) is 31.6 Å². The highest BCUT2D eigenvalue weighted by Crippen LogP contribution is 2.29. The molecule has 3 heterocycles. The molecule has 0 aliphatic carbocycles. The van der Waals surface area contributed by atoms with Crippen LogP contribution >= 0.6 is 0 Å². The molecule has 0 saturated carbocycles. The monoisotopic (exact) mass is 438 g/mol. The van der Waals surface area contributed by atoms with Gasteiger partial charge in [0.15, 0.2) is 0 Å². The fourth-order valence-corrected chi connectivity index (χ4v) is 3.71. The molecule has 2 aliphatic rings. The second-order valence-electron chi connectivity index (χ2n) is 7.57. The van der Waals surface area contributed by atoms with Gasteiger partial charge in [0.05, 0.1) is 24.8 Å². The van der Waals surface area contributed by atoms with Gasteiger partial charge < -0.3 is 15.0 Å². The molecule has 0 radical (unpaired) electrons. The zero-order valence-corrected chi connectivity index (χ0v) is 16.2. The Morgan fingerprint density at radius 3 is 2.74 bits per heavy atom. The predicted molar refractivity (Wildman–Crippen MR) is 97.0 cm³/mol. The van der Waals surface area contributed by atoms with Crippen LogP contribution < -0.4 is 10.1 Å². The number of nitrogens with one attached hydrogen (secondary N) is 1. The number of alkyl halides is 2. The minimum atomic E-state index is -2.84. The molecular weight excluding hydrogens is 420 g/mol. The fraction of sp³-hybridized carbons (Fsp3) is 0.474. The summed E-state index contributed by atoms with van der Waals surface area (Å²) in [4.78, 5) is 13.6. The Labute approximate surface area is 174 Å². The van der Waals surface area contributed by atoms with Crippen molar-refractivity contribution in [3.8, 4) is 11.8 Å². The molecule has 12 heteroatoms. The van der Waals surface area contributed by atoms with Crippen molar-refractivity contribution in [1.29, 1.82) is 5.26 Å². The third-order valence-corrected chi connectivity index (χ3v) is 5.33. The minimum Gasteiger partial charge on any atom is -0.487 e. The van der Waals surface area contributed by atoms with E-state index < -0.39 is 35.7 Å². The first-order valence-corrected chi connectivity index (χ1v) is 9.58. The Kier molecular flexibility index (Phi) is 5.53. The van der Waals surface area contributed by atoms with Gasteiger partial charge >= 0.3 is 0 Å². The molecule has 1 N–H and O–H groups in total. The van der Waals surface area contributed by atoms with Crippen LogP contribution in [0, 0.1) is 23.0 Å². The van der Waals surface area contributed by atoms with E-state index in [9.17, 15) is 22.4 Å².